The van der Waals surface area contributed by atoms with Crippen molar-refractivity contribution in [1.82, 2.24) is 14.6 Å². The molecule has 12 heteroatoms. The largest absolute Gasteiger partial charge is 0.477 e. The zero-order valence-corrected chi connectivity index (χ0v) is 22.9. The number of thioether (sulfide) groups is 1. The van der Waals surface area contributed by atoms with E-state index in [4.69, 9.17) is 18.0 Å². The van der Waals surface area contributed by atoms with E-state index >= 15 is 0 Å². The Kier molecular flexibility index (Phi) is 6.77. The Hall–Kier alpha value is -2.93. The number of imidazole rings is 1. The number of nitrogens with two attached hydrogens (primary N) is 1. The summed E-state index contributed by atoms with van der Waals surface area (Å²) in [6, 6.07) is 9.64. The van der Waals surface area contributed by atoms with Gasteiger partial charge in [0.1, 0.15) is 17.9 Å². The van der Waals surface area contributed by atoms with Crippen molar-refractivity contribution in [2.75, 3.05) is 12.8 Å². The second-order valence-electron chi connectivity index (χ2n) is 9.33. The molecule has 5 rings (SSSR count). The van der Waals surface area contributed by atoms with E-state index in [9.17, 15) is 19.8 Å². The van der Waals surface area contributed by atoms with Crippen LogP contribution in [0.2, 0.25) is 0 Å². The molecule has 0 spiro atoms. The number of carbonyl (C=O) groups excluding carboxylic acids is 1. The Balaban J connectivity index is 1.59. The molecule has 0 saturated carbocycles. The van der Waals surface area contributed by atoms with Crippen LogP contribution in [0.4, 0.5) is 0 Å². The summed E-state index contributed by atoms with van der Waals surface area (Å²) in [6.45, 7) is 4.02. The number of rotatable bonds is 8. The fourth-order valence-corrected chi connectivity index (χ4v) is 7.88. The molecule has 9 nitrogen and oxygen atoms in total. The molecule has 1 saturated heterocycles. The van der Waals surface area contributed by atoms with Crippen LogP contribution in [0, 0.1) is 11.8 Å². The quantitative estimate of drug-likeness (QED) is 0.143. The number of hydrogen-bond acceptors (Lipinski definition) is 6. The van der Waals surface area contributed by atoms with Gasteiger partial charge in [0, 0.05) is 11.5 Å². The van der Waals surface area contributed by atoms with E-state index in [1.54, 1.807) is 18.7 Å². The van der Waals surface area contributed by atoms with Crippen LogP contribution in [-0.2, 0) is 9.59 Å². The molecule has 0 radical (unpaired) electrons. The molecule has 194 valence electrons. The molecule has 4 heterocycles. The molecule has 0 bridgehead atoms. The van der Waals surface area contributed by atoms with Crippen molar-refractivity contribution in [2.24, 2.45) is 17.6 Å². The second kappa shape index (κ2) is 9.75. The highest BCUT2D eigenvalue weighted by molar-refractivity contribution is 7.98. The van der Waals surface area contributed by atoms with Crippen LogP contribution in [0.5, 0.6) is 0 Å². The maximum absolute atomic E-state index is 12.7. The zero-order chi connectivity index (χ0) is 26.6. The van der Waals surface area contributed by atoms with Crippen LogP contribution in [0.15, 0.2) is 53.6 Å². The third-order valence-corrected chi connectivity index (χ3v) is 9.39. The van der Waals surface area contributed by atoms with E-state index in [1.165, 1.54) is 16.2 Å². The number of nitrogens with zero attached hydrogens (tertiary/aromatic N) is 3. The minimum absolute atomic E-state index is 0.0188. The number of benzene rings is 1. The summed E-state index contributed by atoms with van der Waals surface area (Å²) in [5, 5.41) is 24.5. The molecule has 2 aliphatic rings. The Morgan fingerprint density at radius 1 is 1.35 bits per heavy atom. The number of thiazole rings is 1. The topological polar surface area (TPSA) is 124 Å². The SMILES string of the molecule is CSc1c2sc(C3=C(C(=O)O)N4C(=O)[C@H]([C@@H](C)O)[C@H]4[C@H]3C)cn2c[n+]1C(CNC(N)=S)c1ccccc1. The number of aliphatic carboxylic acids is 1. The lowest BCUT2D eigenvalue weighted by Gasteiger charge is -2.46. The normalized spacial score (nSPS) is 22.6. The van der Waals surface area contributed by atoms with Gasteiger partial charge in [-0.2, -0.15) is 4.40 Å². The first kappa shape index (κ1) is 25.7. The molecule has 37 heavy (non-hydrogen) atoms. The van der Waals surface area contributed by atoms with E-state index in [1.807, 2.05) is 48.3 Å². The molecule has 3 aromatic rings. The first-order chi connectivity index (χ1) is 17.6. The van der Waals surface area contributed by atoms with E-state index in [0.29, 0.717) is 12.1 Å². The van der Waals surface area contributed by atoms with Gasteiger partial charge in [0.05, 0.1) is 29.5 Å². The summed E-state index contributed by atoms with van der Waals surface area (Å²) in [5.74, 6) is -2.28. The average Bonchev–Trinajstić information content (AvgIpc) is 3.47. The molecule has 0 aliphatic carbocycles. The summed E-state index contributed by atoms with van der Waals surface area (Å²) in [6.07, 6.45) is 5.10. The molecule has 5 atom stereocenters. The monoisotopic (exact) mass is 558 g/mol. The van der Waals surface area contributed by atoms with E-state index < -0.39 is 18.0 Å². The number of aromatic nitrogens is 2. The minimum atomic E-state index is -1.13. The number of nitrogens with one attached hydrogen (secondary N) is 1. The maximum atomic E-state index is 12.7. The summed E-state index contributed by atoms with van der Waals surface area (Å²) < 4.78 is 4.18. The second-order valence-corrected chi connectivity index (χ2v) is 11.6. The number of thiocarbonyl (C=S) groups is 1. The van der Waals surface area contributed by atoms with Crippen molar-refractivity contribution < 1.29 is 24.4 Å². The highest BCUT2D eigenvalue weighted by atomic mass is 32.2. The fraction of sp³-hybridized carbons (Fsp3) is 0.360. The van der Waals surface area contributed by atoms with Crippen molar-refractivity contribution in [3.63, 3.8) is 0 Å². The molecular formula is C25H28N5O4S3+. The molecule has 1 aromatic carbocycles. The van der Waals surface area contributed by atoms with Crippen molar-refractivity contribution in [1.29, 1.82) is 0 Å². The standard InChI is InChI=1S/C25H27N5O4S3/c1-12-17(20(24(33)34)30-19(12)18(13(2)31)21(30)32)16-10-28-11-29(23(36-3)22(28)37-16)15(9-27-25(26)35)14-7-5-4-6-8-14/h4-8,10-13,15,18-19,31H,9H2,1-3H3,(H3-,26,27,33,34,35)/p+1/t12-,13+,15?,18+,19+/m0/s1. The van der Waals surface area contributed by atoms with Crippen molar-refractivity contribution >= 4 is 62.7 Å². The molecule has 2 aromatic heterocycles. The van der Waals surface area contributed by atoms with Gasteiger partial charge >= 0.3 is 5.97 Å². The number of amides is 1. The lowest BCUT2D eigenvalue weighted by Crippen LogP contribution is -2.63. The number of carboxylic acids is 1. The van der Waals surface area contributed by atoms with Crippen molar-refractivity contribution in [3.05, 3.63) is 59.0 Å². The number of aliphatic hydroxyl groups is 1. The Morgan fingerprint density at radius 3 is 2.65 bits per heavy atom. The summed E-state index contributed by atoms with van der Waals surface area (Å²) in [5.41, 5.74) is 7.48. The van der Waals surface area contributed by atoms with Crippen molar-refractivity contribution in [3.8, 4) is 0 Å². The van der Waals surface area contributed by atoms with Gasteiger partial charge < -0.3 is 26.2 Å². The van der Waals surface area contributed by atoms with Gasteiger partial charge in [0.15, 0.2) is 5.11 Å². The predicted molar refractivity (Wildman–Crippen MR) is 146 cm³/mol. The zero-order valence-electron chi connectivity index (χ0n) is 20.5. The van der Waals surface area contributed by atoms with Gasteiger partial charge in [-0.3, -0.25) is 4.79 Å². The van der Waals surface area contributed by atoms with E-state index in [-0.39, 0.29) is 34.7 Å². The van der Waals surface area contributed by atoms with Gasteiger partial charge in [-0.1, -0.05) is 60.4 Å². The van der Waals surface area contributed by atoms with Gasteiger partial charge in [-0.15, -0.1) is 0 Å². The van der Waals surface area contributed by atoms with Crippen LogP contribution in [0.25, 0.3) is 10.4 Å². The lowest BCUT2D eigenvalue weighted by atomic mass is 9.77. The van der Waals surface area contributed by atoms with Gasteiger partial charge in [0.25, 0.3) is 6.33 Å². The summed E-state index contributed by atoms with van der Waals surface area (Å²) in [4.78, 5) is 28.2. The van der Waals surface area contributed by atoms with E-state index in [2.05, 4.69) is 22.0 Å². The number of hydrogen-bond donors (Lipinski definition) is 4. The third kappa shape index (κ3) is 4.12. The number of fused-ring (bicyclic) bond motifs is 2. The number of carbonyl (C=O) groups is 2. The number of β-lactam (4-membered cyclic amide) rings is 1. The Bertz CT molecular complexity index is 1430. The van der Waals surface area contributed by atoms with Gasteiger partial charge in [0.2, 0.25) is 15.8 Å². The van der Waals surface area contributed by atoms with Gasteiger partial charge in [-0.05, 0) is 31.0 Å². The highest BCUT2D eigenvalue weighted by Gasteiger charge is 2.60. The average molecular weight is 559 g/mol. The van der Waals surface area contributed by atoms with Crippen LogP contribution in [-0.4, -0.2) is 61.4 Å². The first-order valence-corrected chi connectivity index (χ1v) is 14.3. The fourth-order valence-electron chi connectivity index (χ4n) is 5.59. The summed E-state index contributed by atoms with van der Waals surface area (Å²) in [7, 11) is 0. The minimum Gasteiger partial charge on any atom is -0.477 e. The molecule has 1 unspecified atom stereocenters. The first-order valence-electron chi connectivity index (χ1n) is 11.8. The Morgan fingerprint density at radius 2 is 2.05 bits per heavy atom. The summed E-state index contributed by atoms with van der Waals surface area (Å²) >= 11 is 8.15. The molecular weight excluding hydrogens is 531 g/mol. The molecule has 2 aliphatic heterocycles. The smallest absolute Gasteiger partial charge is 0.352 e. The van der Waals surface area contributed by atoms with Gasteiger partial charge in [-0.25, -0.2) is 9.36 Å². The molecule has 1 amide bonds. The van der Waals surface area contributed by atoms with Crippen LogP contribution in [0.3, 0.4) is 0 Å². The van der Waals surface area contributed by atoms with Crippen LogP contribution >= 0.6 is 35.3 Å². The third-order valence-electron chi connectivity index (χ3n) is 7.19. The van der Waals surface area contributed by atoms with Crippen LogP contribution in [0.1, 0.15) is 30.3 Å². The lowest BCUT2D eigenvalue weighted by molar-refractivity contribution is -0.743. The maximum Gasteiger partial charge on any atom is 0.352 e. The highest BCUT2D eigenvalue weighted by Crippen LogP contribution is 2.51. The molecule has 5 N–H and O–H groups in total. The van der Waals surface area contributed by atoms with Crippen LogP contribution < -0.4 is 15.6 Å². The van der Waals surface area contributed by atoms with E-state index in [0.717, 1.165) is 20.3 Å². The molecule has 1 fully saturated rings. The predicted octanol–water partition coefficient (Wildman–Crippen LogP) is 2.09. The number of aliphatic hydroxyl groups excluding tert-OH is 1. The number of carboxylic acid groups (broad SMARTS) is 1. The Labute approximate surface area is 227 Å². The van der Waals surface area contributed by atoms with Crippen molar-refractivity contribution in [2.45, 2.75) is 37.1 Å².